The van der Waals surface area contributed by atoms with Crippen LogP contribution in [0, 0.1) is 11.3 Å². The second-order valence-corrected chi connectivity index (χ2v) is 15.3. The van der Waals surface area contributed by atoms with Gasteiger partial charge >= 0.3 is 0 Å². The molecule has 0 unspecified atom stereocenters. The van der Waals surface area contributed by atoms with Crippen molar-refractivity contribution in [2.75, 3.05) is 43.9 Å². The smallest absolute Gasteiger partial charge is 0.219 e. The highest BCUT2D eigenvalue weighted by Gasteiger charge is 2.49. The fraction of sp³-hybridized carbons (Fsp3) is 0.647. The standard InChI is InChI=1S/C34H44N8O2S/c1-21(24-9-7-16-41(24)2)43-27-18-26(42-17-15-37-33(20-42)11-3-4-12-33)38-32(39-27)29-22-8-5-13-34(30(22)44-40-29)14-6-10-25-28(34)23(19-35)31(36)45-25/h18,21,24,37H,3-17,20,36H2,1-2H3/t21-,24-,34-/m0/s1. The predicted molar refractivity (Wildman–Crippen MR) is 175 cm³/mol. The van der Waals surface area contributed by atoms with E-state index in [1.165, 1.54) is 37.0 Å². The van der Waals surface area contributed by atoms with E-state index >= 15 is 0 Å². The molecule has 3 atom stereocenters. The highest BCUT2D eigenvalue weighted by Crippen LogP contribution is 2.55. The largest absolute Gasteiger partial charge is 0.473 e. The average Bonchev–Trinajstić information content (AvgIpc) is 3.84. The van der Waals surface area contributed by atoms with Crippen molar-refractivity contribution < 1.29 is 9.26 Å². The van der Waals surface area contributed by atoms with Crippen LogP contribution in [0.4, 0.5) is 10.8 Å². The topological polar surface area (TPSA) is 129 Å². The van der Waals surface area contributed by atoms with Crippen LogP contribution in [0.5, 0.6) is 5.88 Å². The van der Waals surface area contributed by atoms with E-state index < -0.39 is 0 Å². The zero-order valence-electron chi connectivity index (χ0n) is 26.5. The van der Waals surface area contributed by atoms with Crippen molar-refractivity contribution in [1.82, 2.24) is 25.3 Å². The maximum absolute atomic E-state index is 10.1. The van der Waals surface area contributed by atoms with Crippen molar-refractivity contribution in [3.8, 4) is 23.5 Å². The van der Waals surface area contributed by atoms with Gasteiger partial charge in [-0.1, -0.05) is 18.0 Å². The quantitative estimate of drug-likeness (QED) is 0.389. The summed E-state index contributed by atoms with van der Waals surface area (Å²) in [7, 11) is 2.18. The summed E-state index contributed by atoms with van der Waals surface area (Å²) in [5.41, 5.74) is 9.65. The van der Waals surface area contributed by atoms with E-state index in [9.17, 15) is 5.26 Å². The molecular weight excluding hydrogens is 584 g/mol. The number of hydrogen-bond acceptors (Lipinski definition) is 11. The van der Waals surface area contributed by atoms with Gasteiger partial charge in [0.25, 0.3) is 0 Å². The number of nitrogen functional groups attached to an aromatic ring is 1. The lowest BCUT2D eigenvalue weighted by molar-refractivity contribution is 0.117. The molecule has 45 heavy (non-hydrogen) atoms. The number of aromatic nitrogens is 3. The number of rotatable bonds is 5. The van der Waals surface area contributed by atoms with Gasteiger partial charge in [-0.25, -0.2) is 4.98 Å². The Morgan fingerprint density at radius 3 is 2.73 bits per heavy atom. The first kappa shape index (κ1) is 29.2. The maximum Gasteiger partial charge on any atom is 0.219 e. The molecule has 0 radical (unpaired) electrons. The molecule has 0 aromatic carbocycles. The number of likely N-dealkylation sites (N-methyl/N-ethyl adjacent to an activating group) is 1. The summed E-state index contributed by atoms with van der Waals surface area (Å²) >= 11 is 1.57. The number of ether oxygens (including phenoxy) is 1. The summed E-state index contributed by atoms with van der Waals surface area (Å²) in [6.45, 7) is 6.02. The minimum atomic E-state index is -0.377. The minimum Gasteiger partial charge on any atom is -0.473 e. The van der Waals surface area contributed by atoms with Crippen molar-refractivity contribution in [1.29, 1.82) is 5.26 Å². The maximum atomic E-state index is 10.1. The zero-order chi connectivity index (χ0) is 30.8. The van der Waals surface area contributed by atoms with Crippen molar-refractivity contribution in [3.05, 3.63) is 33.4 Å². The van der Waals surface area contributed by atoms with Crippen molar-refractivity contribution in [2.45, 2.75) is 107 Å². The zero-order valence-corrected chi connectivity index (χ0v) is 27.3. The molecule has 238 valence electrons. The number of nitrogens with one attached hydrogen (secondary N) is 1. The molecule has 2 spiro atoms. The lowest BCUT2D eigenvalue weighted by Crippen LogP contribution is -2.59. The molecule has 2 saturated heterocycles. The third kappa shape index (κ3) is 4.83. The molecule has 8 rings (SSSR count). The van der Waals surface area contributed by atoms with Crippen LogP contribution in [0.15, 0.2) is 10.6 Å². The van der Waals surface area contributed by atoms with Crippen LogP contribution in [-0.2, 0) is 18.3 Å². The molecule has 11 heteroatoms. The number of nitrogens with zero attached hydrogens (tertiary/aromatic N) is 6. The van der Waals surface area contributed by atoms with Crippen LogP contribution >= 0.6 is 11.3 Å². The molecule has 3 aromatic heterocycles. The van der Waals surface area contributed by atoms with Gasteiger partial charge in [0.1, 0.15) is 23.0 Å². The Morgan fingerprint density at radius 2 is 1.96 bits per heavy atom. The Kier molecular flexibility index (Phi) is 7.30. The highest BCUT2D eigenvalue weighted by atomic mass is 32.1. The van der Waals surface area contributed by atoms with Crippen LogP contribution in [-0.4, -0.2) is 70.9 Å². The molecule has 5 heterocycles. The van der Waals surface area contributed by atoms with Crippen LogP contribution < -0.4 is 20.7 Å². The van der Waals surface area contributed by atoms with E-state index in [0.29, 0.717) is 34.0 Å². The van der Waals surface area contributed by atoms with Gasteiger partial charge in [0, 0.05) is 47.7 Å². The second-order valence-electron chi connectivity index (χ2n) is 14.1. The van der Waals surface area contributed by atoms with E-state index in [4.69, 9.17) is 30.1 Å². The molecule has 3 aliphatic carbocycles. The molecule has 3 aromatic rings. The van der Waals surface area contributed by atoms with E-state index in [-0.39, 0.29) is 17.1 Å². The molecule has 1 saturated carbocycles. The van der Waals surface area contributed by atoms with Gasteiger partial charge in [-0.2, -0.15) is 10.2 Å². The second kappa shape index (κ2) is 11.2. The fourth-order valence-corrected chi connectivity index (χ4v) is 10.5. The third-order valence-corrected chi connectivity index (χ3v) is 12.5. The first-order valence-corrected chi connectivity index (χ1v) is 17.8. The van der Waals surface area contributed by atoms with Gasteiger partial charge in [0.15, 0.2) is 17.3 Å². The van der Waals surface area contributed by atoms with Gasteiger partial charge in [-0.15, -0.1) is 11.3 Å². The molecular formula is C34H44N8O2S. The van der Waals surface area contributed by atoms with E-state index in [1.807, 2.05) is 6.07 Å². The first-order valence-electron chi connectivity index (χ1n) is 17.0. The SMILES string of the molecule is C[C@H](Oc1cc(N2CCNC3(CCCC3)C2)nc(-c2noc3c2CCC[C@@]32CCCc3sc(N)c(C#N)c32)n1)[C@@H]1CCCN1C. The number of likely N-dealkylation sites (tertiary alicyclic amines) is 1. The van der Waals surface area contributed by atoms with Gasteiger partial charge in [0.05, 0.1) is 11.0 Å². The first-order chi connectivity index (χ1) is 21.9. The Labute approximate surface area is 269 Å². The third-order valence-electron chi connectivity index (χ3n) is 11.4. The summed E-state index contributed by atoms with van der Waals surface area (Å²) in [6, 6.07) is 4.83. The van der Waals surface area contributed by atoms with Gasteiger partial charge in [-0.05, 0) is 90.3 Å². The Balaban J connectivity index is 1.20. The van der Waals surface area contributed by atoms with Crippen LogP contribution in [0.25, 0.3) is 11.5 Å². The van der Waals surface area contributed by atoms with Crippen LogP contribution in [0.2, 0.25) is 0 Å². The summed E-state index contributed by atoms with van der Waals surface area (Å²) in [5.74, 6) is 2.94. The van der Waals surface area contributed by atoms with Crippen LogP contribution in [0.3, 0.4) is 0 Å². The highest BCUT2D eigenvalue weighted by molar-refractivity contribution is 7.16. The normalized spacial score (nSPS) is 26.6. The molecule has 10 nitrogen and oxygen atoms in total. The minimum absolute atomic E-state index is 0.000835. The summed E-state index contributed by atoms with van der Waals surface area (Å²) < 4.78 is 13.0. The van der Waals surface area contributed by atoms with Gasteiger partial charge in [0.2, 0.25) is 5.88 Å². The predicted octanol–water partition coefficient (Wildman–Crippen LogP) is 5.19. The Bertz CT molecular complexity index is 1630. The number of piperazine rings is 1. The van der Waals surface area contributed by atoms with Gasteiger partial charge in [-0.3, -0.25) is 4.90 Å². The fourth-order valence-electron chi connectivity index (χ4n) is 9.29. The monoisotopic (exact) mass is 628 g/mol. The molecule has 3 N–H and O–H groups in total. The Morgan fingerprint density at radius 1 is 1.13 bits per heavy atom. The molecule has 5 aliphatic rings. The van der Waals surface area contributed by atoms with E-state index in [2.05, 4.69) is 35.2 Å². The molecule has 3 fully saturated rings. The summed E-state index contributed by atoms with van der Waals surface area (Å²) in [6.07, 6.45) is 12.9. The average molecular weight is 629 g/mol. The lowest BCUT2D eigenvalue weighted by atomic mass is 9.63. The number of anilines is 2. The molecule has 0 amide bonds. The van der Waals surface area contributed by atoms with E-state index in [0.717, 1.165) is 93.8 Å². The lowest BCUT2D eigenvalue weighted by Gasteiger charge is -2.42. The summed E-state index contributed by atoms with van der Waals surface area (Å²) in [4.78, 5) is 16.3. The van der Waals surface area contributed by atoms with E-state index in [1.54, 1.807) is 11.3 Å². The van der Waals surface area contributed by atoms with Crippen molar-refractivity contribution in [2.24, 2.45) is 0 Å². The Hall–Kier alpha value is -3.20. The molecule has 2 aliphatic heterocycles. The number of hydrogen-bond donors (Lipinski definition) is 2. The number of nitrogens with two attached hydrogens (primary N) is 1. The number of aryl methyl sites for hydroxylation is 1. The van der Waals surface area contributed by atoms with Crippen LogP contribution in [0.1, 0.15) is 98.5 Å². The van der Waals surface area contributed by atoms with Gasteiger partial charge < -0.3 is 25.2 Å². The van der Waals surface area contributed by atoms with Crippen molar-refractivity contribution in [3.63, 3.8) is 0 Å². The number of fused-ring (bicyclic) bond motifs is 4. The summed E-state index contributed by atoms with van der Waals surface area (Å²) in [5, 5.41) is 19.3. The number of nitriles is 1. The molecule has 0 bridgehead atoms. The van der Waals surface area contributed by atoms with Crippen molar-refractivity contribution >= 4 is 22.2 Å². The number of thiophene rings is 1.